The number of nitrogens with zero attached hydrogens (tertiary/aromatic N) is 2. The summed E-state index contributed by atoms with van der Waals surface area (Å²) in [6.07, 6.45) is 2.70. The van der Waals surface area contributed by atoms with Crippen LogP contribution in [0.15, 0.2) is 0 Å². The van der Waals surface area contributed by atoms with Crippen LogP contribution in [0.25, 0.3) is 0 Å². The second kappa shape index (κ2) is 6.60. The van der Waals surface area contributed by atoms with Crippen LogP contribution in [0, 0.1) is 0 Å². The maximum absolute atomic E-state index is 3.80. The Labute approximate surface area is 117 Å². The van der Waals surface area contributed by atoms with Crippen LogP contribution in [-0.2, 0) is 0 Å². The molecule has 2 aliphatic rings. The molecule has 2 fully saturated rings. The smallest absolute Gasteiger partial charge is 0.0278 e. The number of nitrogens with one attached hydrogen (secondary N) is 1. The van der Waals surface area contributed by atoms with Crippen molar-refractivity contribution in [2.45, 2.75) is 38.3 Å². The number of piperazine rings is 1. The first-order valence-corrected chi connectivity index (χ1v) is 8.48. The molecular formula is C14H29N3S. The Balaban J connectivity index is 1.75. The summed E-state index contributed by atoms with van der Waals surface area (Å²) in [4.78, 5) is 5.08. The Morgan fingerprint density at radius 1 is 1.11 bits per heavy atom. The van der Waals surface area contributed by atoms with Gasteiger partial charge in [0.1, 0.15) is 0 Å². The topological polar surface area (TPSA) is 18.5 Å². The summed E-state index contributed by atoms with van der Waals surface area (Å²) < 4.78 is 0. The fourth-order valence-corrected chi connectivity index (χ4v) is 3.93. The summed E-state index contributed by atoms with van der Waals surface area (Å²) in [6.45, 7) is 10.8. The summed E-state index contributed by atoms with van der Waals surface area (Å²) in [5, 5.41) is 3.80. The summed E-state index contributed by atoms with van der Waals surface area (Å²) >= 11 is 2.10. The summed E-state index contributed by atoms with van der Waals surface area (Å²) in [5.74, 6) is 2.68. The van der Waals surface area contributed by atoms with Crippen molar-refractivity contribution >= 4 is 11.8 Å². The molecule has 2 heterocycles. The second-order valence-electron chi connectivity index (χ2n) is 6.37. The van der Waals surface area contributed by atoms with Crippen LogP contribution in [-0.4, -0.2) is 72.7 Å². The lowest BCUT2D eigenvalue weighted by Crippen LogP contribution is -2.58. The van der Waals surface area contributed by atoms with Crippen LogP contribution >= 0.6 is 11.8 Å². The van der Waals surface area contributed by atoms with E-state index in [1.165, 1.54) is 50.5 Å². The van der Waals surface area contributed by atoms with Crippen molar-refractivity contribution in [3.05, 3.63) is 0 Å². The zero-order chi connectivity index (χ0) is 13.0. The van der Waals surface area contributed by atoms with Gasteiger partial charge in [-0.05, 0) is 45.2 Å². The number of likely N-dealkylation sites (N-methyl/N-ethyl adjacent to an activating group) is 1. The summed E-state index contributed by atoms with van der Waals surface area (Å²) in [5.41, 5.74) is 0.297. The zero-order valence-electron chi connectivity index (χ0n) is 12.2. The molecule has 0 radical (unpaired) electrons. The molecule has 0 unspecified atom stereocenters. The Morgan fingerprint density at radius 3 is 2.33 bits per heavy atom. The Hall–Kier alpha value is 0.230. The van der Waals surface area contributed by atoms with Gasteiger partial charge in [-0.25, -0.2) is 0 Å². The van der Waals surface area contributed by atoms with Crippen LogP contribution in [0.3, 0.4) is 0 Å². The number of thioether (sulfide) groups is 1. The minimum atomic E-state index is 0.297. The predicted octanol–water partition coefficient (Wildman–Crippen LogP) is 1.50. The highest BCUT2D eigenvalue weighted by Crippen LogP contribution is 2.19. The first-order chi connectivity index (χ1) is 8.58. The molecule has 3 nitrogen and oxygen atoms in total. The van der Waals surface area contributed by atoms with Crippen molar-refractivity contribution in [3.63, 3.8) is 0 Å². The molecule has 0 saturated carbocycles. The van der Waals surface area contributed by atoms with Crippen LogP contribution in [0.5, 0.6) is 0 Å². The third-order valence-corrected chi connectivity index (χ3v) is 5.45. The molecule has 0 bridgehead atoms. The molecule has 0 aromatic heterocycles. The van der Waals surface area contributed by atoms with Crippen LogP contribution in [0.1, 0.15) is 26.7 Å². The standard InChI is InChI=1S/C14H29N3S/c1-14(2,17-8-6-16(3)7-9-17)12-15-13-4-10-18-11-5-13/h13,15H,4-12H2,1-3H3. The molecule has 0 amide bonds. The second-order valence-corrected chi connectivity index (χ2v) is 7.60. The molecule has 4 heteroatoms. The Kier molecular flexibility index (Phi) is 5.36. The van der Waals surface area contributed by atoms with Crippen LogP contribution < -0.4 is 5.32 Å². The van der Waals surface area contributed by atoms with Gasteiger partial charge < -0.3 is 10.2 Å². The van der Waals surface area contributed by atoms with E-state index in [0.717, 1.165) is 12.6 Å². The third-order valence-electron chi connectivity index (χ3n) is 4.40. The van der Waals surface area contributed by atoms with Crippen LogP contribution in [0.4, 0.5) is 0 Å². The highest BCUT2D eigenvalue weighted by Gasteiger charge is 2.29. The van der Waals surface area contributed by atoms with E-state index in [9.17, 15) is 0 Å². The van der Waals surface area contributed by atoms with E-state index >= 15 is 0 Å². The molecule has 2 rings (SSSR count). The van der Waals surface area contributed by atoms with Gasteiger partial charge in [0.2, 0.25) is 0 Å². The van der Waals surface area contributed by atoms with Crippen molar-refractivity contribution in [1.82, 2.24) is 15.1 Å². The van der Waals surface area contributed by atoms with Crippen molar-refractivity contribution in [3.8, 4) is 0 Å². The molecule has 1 N–H and O–H groups in total. The average Bonchev–Trinajstić information content (AvgIpc) is 2.38. The van der Waals surface area contributed by atoms with Crippen molar-refractivity contribution < 1.29 is 0 Å². The maximum Gasteiger partial charge on any atom is 0.0278 e. The quantitative estimate of drug-likeness (QED) is 0.835. The summed E-state index contributed by atoms with van der Waals surface area (Å²) in [6, 6.07) is 0.762. The largest absolute Gasteiger partial charge is 0.312 e. The van der Waals surface area contributed by atoms with Gasteiger partial charge in [-0.2, -0.15) is 11.8 Å². The Bertz CT molecular complexity index is 243. The van der Waals surface area contributed by atoms with E-state index in [-0.39, 0.29) is 0 Å². The molecule has 106 valence electrons. The molecule has 0 aromatic carbocycles. The molecular weight excluding hydrogens is 242 g/mol. The van der Waals surface area contributed by atoms with Gasteiger partial charge in [-0.1, -0.05) is 0 Å². The summed E-state index contributed by atoms with van der Waals surface area (Å²) in [7, 11) is 2.22. The van der Waals surface area contributed by atoms with Crippen LogP contribution in [0.2, 0.25) is 0 Å². The van der Waals surface area contributed by atoms with Gasteiger partial charge in [0, 0.05) is 44.3 Å². The van der Waals surface area contributed by atoms with Gasteiger partial charge in [0.15, 0.2) is 0 Å². The van der Waals surface area contributed by atoms with Gasteiger partial charge in [0.05, 0.1) is 0 Å². The van der Waals surface area contributed by atoms with E-state index in [4.69, 9.17) is 0 Å². The molecule has 18 heavy (non-hydrogen) atoms. The fourth-order valence-electron chi connectivity index (χ4n) is 2.82. The van der Waals surface area contributed by atoms with Crippen molar-refractivity contribution in [2.24, 2.45) is 0 Å². The molecule has 2 aliphatic heterocycles. The lowest BCUT2D eigenvalue weighted by molar-refractivity contribution is 0.0599. The Morgan fingerprint density at radius 2 is 1.72 bits per heavy atom. The number of rotatable bonds is 4. The molecule has 0 aliphatic carbocycles. The monoisotopic (exact) mass is 271 g/mol. The van der Waals surface area contributed by atoms with E-state index in [1.54, 1.807) is 0 Å². The van der Waals surface area contributed by atoms with E-state index in [1.807, 2.05) is 0 Å². The SMILES string of the molecule is CN1CCN(C(C)(C)CNC2CCSCC2)CC1. The molecule has 0 spiro atoms. The minimum absolute atomic E-state index is 0.297. The lowest BCUT2D eigenvalue weighted by Gasteiger charge is -2.44. The predicted molar refractivity (Wildman–Crippen MR) is 81.5 cm³/mol. The first-order valence-electron chi connectivity index (χ1n) is 7.33. The number of hydrogen-bond donors (Lipinski definition) is 1. The third kappa shape index (κ3) is 4.12. The van der Waals surface area contributed by atoms with Crippen molar-refractivity contribution in [2.75, 3.05) is 51.3 Å². The lowest BCUT2D eigenvalue weighted by atomic mass is 10.00. The van der Waals surface area contributed by atoms with Gasteiger partial charge in [0.25, 0.3) is 0 Å². The normalized spacial score (nSPS) is 25.5. The highest BCUT2D eigenvalue weighted by atomic mass is 32.2. The minimum Gasteiger partial charge on any atom is -0.312 e. The number of hydrogen-bond acceptors (Lipinski definition) is 4. The van der Waals surface area contributed by atoms with Gasteiger partial charge >= 0.3 is 0 Å². The van der Waals surface area contributed by atoms with Gasteiger partial charge in [-0.3, -0.25) is 4.90 Å². The van der Waals surface area contributed by atoms with E-state index in [2.05, 4.69) is 47.8 Å². The van der Waals surface area contributed by atoms with E-state index < -0.39 is 0 Å². The fraction of sp³-hybridized carbons (Fsp3) is 1.00. The van der Waals surface area contributed by atoms with Crippen molar-refractivity contribution in [1.29, 1.82) is 0 Å². The first kappa shape index (κ1) is 14.6. The zero-order valence-corrected chi connectivity index (χ0v) is 13.1. The molecule has 0 atom stereocenters. The highest BCUT2D eigenvalue weighted by molar-refractivity contribution is 7.99. The molecule has 0 aromatic rings. The average molecular weight is 271 g/mol. The van der Waals surface area contributed by atoms with Gasteiger partial charge in [-0.15, -0.1) is 0 Å². The van der Waals surface area contributed by atoms with E-state index in [0.29, 0.717) is 5.54 Å². The molecule has 2 saturated heterocycles. The maximum atomic E-state index is 3.80.